The van der Waals surface area contributed by atoms with Crippen molar-refractivity contribution in [3.63, 3.8) is 0 Å². The molecule has 0 bridgehead atoms. The fourth-order valence-electron chi connectivity index (χ4n) is 4.87. The average molecular weight is 478 g/mol. The van der Waals surface area contributed by atoms with Gasteiger partial charge in [-0.15, -0.1) is 0 Å². The summed E-state index contributed by atoms with van der Waals surface area (Å²) in [7, 11) is 1.60. The summed E-state index contributed by atoms with van der Waals surface area (Å²) in [5.74, 6) is 1.67. The van der Waals surface area contributed by atoms with Gasteiger partial charge in [-0.05, 0) is 67.3 Å². The Bertz CT molecular complexity index is 1590. The zero-order valence-electron chi connectivity index (χ0n) is 20.0. The number of nitrogens with zero attached hydrogens (tertiary/aromatic N) is 4. The molecular weight excluding hydrogens is 450 g/mol. The molecule has 1 aliphatic carbocycles. The van der Waals surface area contributed by atoms with Gasteiger partial charge in [-0.3, -0.25) is 4.57 Å². The van der Waals surface area contributed by atoms with Crippen molar-refractivity contribution in [1.82, 2.24) is 19.5 Å². The molecule has 0 unspecified atom stereocenters. The predicted octanol–water partition coefficient (Wildman–Crippen LogP) is 4.66. The third-order valence-electron chi connectivity index (χ3n) is 7.09. The maximum atomic E-state index is 6.57. The van der Waals surface area contributed by atoms with Gasteiger partial charge in [0.05, 0.1) is 24.1 Å². The molecule has 1 aliphatic rings. The van der Waals surface area contributed by atoms with Gasteiger partial charge in [0.25, 0.3) is 0 Å². The summed E-state index contributed by atoms with van der Waals surface area (Å²) in [6.07, 6.45) is 4.84. The summed E-state index contributed by atoms with van der Waals surface area (Å²) in [6, 6.07) is 21.6. The highest BCUT2D eigenvalue weighted by Gasteiger charge is 2.34. The van der Waals surface area contributed by atoms with Crippen molar-refractivity contribution in [2.75, 3.05) is 18.6 Å². The van der Waals surface area contributed by atoms with Gasteiger partial charge in [-0.2, -0.15) is 0 Å². The Hall–Kier alpha value is -4.43. The summed E-state index contributed by atoms with van der Waals surface area (Å²) in [4.78, 5) is 14.2. The molecule has 8 nitrogen and oxygen atoms in total. The first-order valence-electron chi connectivity index (χ1n) is 11.9. The standard InChI is InChI=1S/C28H27N7O/c1-36-23-7-2-5-19(24(23)29)21-12-13-22-27(33-21)35(26(34-22)20-6-3-16-32-25(20)30)18-10-8-17(9-11-18)28(31)14-4-15-28/h2-3,5-13,16H,4,14-15,29,31H2,1H3,(H2,30,32). The highest BCUT2D eigenvalue weighted by molar-refractivity contribution is 5.86. The van der Waals surface area contributed by atoms with Crippen LogP contribution >= 0.6 is 0 Å². The maximum Gasteiger partial charge on any atom is 0.165 e. The van der Waals surface area contributed by atoms with Gasteiger partial charge in [0.15, 0.2) is 11.5 Å². The number of hydrogen-bond acceptors (Lipinski definition) is 7. The van der Waals surface area contributed by atoms with E-state index in [1.54, 1.807) is 13.3 Å². The van der Waals surface area contributed by atoms with Gasteiger partial charge in [-0.25, -0.2) is 15.0 Å². The summed E-state index contributed by atoms with van der Waals surface area (Å²) in [5.41, 5.74) is 25.2. The number of anilines is 2. The molecule has 2 aromatic carbocycles. The smallest absolute Gasteiger partial charge is 0.165 e. The van der Waals surface area contributed by atoms with Gasteiger partial charge in [0.1, 0.15) is 17.1 Å². The Balaban J connectivity index is 1.57. The molecule has 3 heterocycles. The quantitative estimate of drug-likeness (QED) is 0.314. The molecule has 1 fully saturated rings. The number of para-hydroxylation sites is 1. The van der Waals surface area contributed by atoms with Crippen molar-refractivity contribution >= 4 is 22.7 Å². The first-order chi connectivity index (χ1) is 17.5. The molecule has 0 amide bonds. The number of imidazole rings is 1. The number of nitrogens with two attached hydrogens (primary N) is 3. The number of hydrogen-bond donors (Lipinski definition) is 3. The van der Waals surface area contributed by atoms with Crippen LogP contribution in [0.1, 0.15) is 24.8 Å². The minimum absolute atomic E-state index is 0.235. The van der Waals surface area contributed by atoms with E-state index in [-0.39, 0.29) is 5.54 Å². The summed E-state index contributed by atoms with van der Waals surface area (Å²) >= 11 is 0. The molecule has 8 heteroatoms. The lowest BCUT2D eigenvalue weighted by Crippen LogP contribution is -2.43. The molecule has 6 N–H and O–H groups in total. The van der Waals surface area contributed by atoms with Crippen LogP contribution in [0, 0.1) is 0 Å². The van der Waals surface area contributed by atoms with E-state index in [4.69, 9.17) is 31.9 Å². The first kappa shape index (κ1) is 22.1. The van der Waals surface area contributed by atoms with Crippen LogP contribution in [0.5, 0.6) is 5.75 Å². The molecular formula is C28H27N7O. The fraction of sp³-hybridized carbons (Fsp3) is 0.179. The molecule has 0 atom stereocenters. The third kappa shape index (κ3) is 3.46. The second kappa shape index (κ2) is 8.35. The number of nitrogen functional groups attached to an aromatic ring is 2. The minimum Gasteiger partial charge on any atom is -0.495 e. The molecule has 36 heavy (non-hydrogen) atoms. The third-order valence-corrected chi connectivity index (χ3v) is 7.09. The number of methoxy groups -OCH3 is 1. The van der Waals surface area contributed by atoms with E-state index in [0.717, 1.165) is 52.9 Å². The van der Waals surface area contributed by atoms with Gasteiger partial charge in [0.2, 0.25) is 0 Å². The molecule has 0 radical (unpaired) electrons. The number of benzene rings is 2. The summed E-state index contributed by atoms with van der Waals surface area (Å²) in [5, 5.41) is 0. The molecule has 5 aromatic rings. The van der Waals surface area contributed by atoms with Crippen LogP contribution in [0.15, 0.2) is 72.9 Å². The fourth-order valence-corrected chi connectivity index (χ4v) is 4.87. The molecule has 1 saturated carbocycles. The predicted molar refractivity (Wildman–Crippen MR) is 143 cm³/mol. The summed E-state index contributed by atoms with van der Waals surface area (Å²) in [6.45, 7) is 0. The highest BCUT2D eigenvalue weighted by atomic mass is 16.5. The van der Waals surface area contributed by atoms with Crippen molar-refractivity contribution in [3.05, 3.63) is 78.5 Å². The zero-order valence-corrected chi connectivity index (χ0v) is 20.0. The molecule has 180 valence electrons. The maximum absolute atomic E-state index is 6.57. The lowest BCUT2D eigenvalue weighted by molar-refractivity contribution is 0.253. The van der Waals surface area contributed by atoms with Gasteiger partial charge in [-0.1, -0.05) is 24.3 Å². The zero-order chi connectivity index (χ0) is 24.9. The number of aromatic nitrogens is 4. The Morgan fingerprint density at radius 3 is 2.36 bits per heavy atom. The van der Waals surface area contributed by atoms with Gasteiger partial charge < -0.3 is 21.9 Å². The Morgan fingerprint density at radius 2 is 1.67 bits per heavy atom. The molecule has 6 rings (SSSR count). The molecule has 0 aliphatic heterocycles. The van der Waals surface area contributed by atoms with Crippen LogP contribution < -0.4 is 21.9 Å². The van der Waals surface area contributed by atoms with Crippen molar-refractivity contribution in [1.29, 1.82) is 0 Å². The van der Waals surface area contributed by atoms with Crippen LogP contribution in [-0.2, 0) is 5.54 Å². The lowest BCUT2D eigenvalue weighted by atomic mass is 9.73. The van der Waals surface area contributed by atoms with E-state index in [1.807, 2.05) is 47.0 Å². The Kier molecular flexibility index (Phi) is 5.12. The van der Waals surface area contributed by atoms with E-state index in [2.05, 4.69) is 29.2 Å². The second-order valence-electron chi connectivity index (χ2n) is 9.22. The van der Waals surface area contributed by atoms with Crippen molar-refractivity contribution < 1.29 is 4.74 Å². The van der Waals surface area contributed by atoms with Crippen LogP contribution in [0.4, 0.5) is 11.5 Å². The van der Waals surface area contributed by atoms with E-state index in [0.29, 0.717) is 28.7 Å². The van der Waals surface area contributed by atoms with Gasteiger partial charge >= 0.3 is 0 Å². The van der Waals surface area contributed by atoms with Crippen LogP contribution in [0.2, 0.25) is 0 Å². The van der Waals surface area contributed by atoms with E-state index >= 15 is 0 Å². The van der Waals surface area contributed by atoms with Crippen molar-refractivity contribution in [2.45, 2.75) is 24.8 Å². The summed E-state index contributed by atoms with van der Waals surface area (Å²) < 4.78 is 7.42. The number of fused-ring (bicyclic) bond motifs is 1. The topological polar surface area (TPSA) is 131 Å². The van der Waals surface area contributed by atoms with E-state index in [1.165, 1.54) is 0 Å². The van der Waals surface area contributed by atoms with Crippen molar-refractivity contribution in [2.24, 2.45) is 5.73 Å². The minimum atomic E-state index is -0.235. The number of ether oxygens (including phenoxy) is 1. The molecule has 0 spiro atoms. The Morgan fingerprint density at radius 1 is 0.889 bits per heavy atom. The number of pyridine rings is 2. The second-order valence-corrected chi connectivity index (χ2v) is 9.22. The van der Waals surface area contributed by atoms with Gasteiger partial charge in [0, 0.05) is 23.0 Å². The lowest BCUT2D eigenvalue weighted by Gasteiger charge is -2.38. The first-order valence-corrected chi connectivity index (χ1v) is 11.9. The molecule has 3 aromatic heterocycles. The SMILES string of the molecule is COc1cccc(-c2ccc3nc(-c4cccnc4N)n(-c4ccc(C5(N)CCC5)cc4)c3n2)c1N. The normalized spacial score (nSPS) is 14.5. The average Bonchev–Trinajstić information content (AvgIpc) is 3.26. The Labute approximate surface area is 208 Å². The van der Waals surface area contributed by atoms with E-state index in [9.17, 15) is 0 Å². The van der Waals surface area contributed by atoms with Crippen LogP contribution in [0.25, 0.3) is 39.5 Å². The monoisotopic (exact) mass is 477 g/mol. The van der Waals surface area contributed by atoms with Crippen LogP contribution in [0.3, 0.4) is 0 Å². The van der Waals surface area contributed by atoms with Crippen molar-refractivity contribution in [3.8, 4) is 34.1 Å². The highest BCUT2D eigenvalue weighted by Crippen LogP contribution is 2.40. The van der Waals surface area contributed by atoms with E-state index < -0.39 is 0 Å². The molecule has 0 saturated heterocycles. The van der Waals surface area contributed by atoms with Crippen LogP contribution in [-0.4, -0.2) is 26.6 Å². The largest absolute Gasteiger partial charge is 0.495 e. The number of rotatable bonds is 5.